The quantitative estimate of drug-likeness (QED) is 0.799. The van der Waals surface area contributed by atoms with Crippen molar-refractivity contribution in [1.29, 1.82) is 0 Å². The number of aryl methyl sites for hydroxylation is 2. The Morgan fingerprint density at radius 3 is 3.00 bits per heavy atom. The Hall–Kier alpha value is -1.29. The fourth-order valence-corrected chi connectivity index (χ4v) is 1.31. The van der Waals surface area contributed by atoms with Gasteiger partial charge in [-0.25, -0.2) is 9.98 Å². The maximum atomic E-state index is 5.62. The van der Waals surface area contributed by atoms with Crippen LogP contribution < -0.4 is 5.73 Å². The van der Waals surface area contributed by atoms with Crippen LogP contribution in [-0.2, 0) is 6.54 Å². The molecule has 1 heterocycles. The van der Waals surface area contributed by atoms with Crippen LogP contribution in [0.1, 0.15) is 19.2 Å². The molecule has 0 saturated heterocycles. The van der Waals surface area contributed by atoms with Crippen molar-refractivity contribution >= 4 is 16.8 Å². The molecule has 1 rings (SSSR count). The number of hydrogen-bond acceptors (Lipinski definition) is 3. The smallest absolute Gasteiger partial charge is 0.120 e. The average molecular weight is 227 g/mol. The second-order valence-electron chi connectivity index (χ2n) is 3.19. The Bertz CT molecular complexity index is 375. The van der Waals surface area contributed by atoms with Gasteiger partial charge >= 0.3 is 0 Å². The monoisotopic (exact) mass is 226 g/mol. The summed E-state index contributed by atoms with van der Waals surface area (Å²) < 4.78 is 2.06. The van der Waals surface area contributed by atoms with Gasteiger partial charge in [0.25, 0.3) is 0 Å². The number of nitrogens with zero attached hydrogens (tertiary/aromatic N) is 3. The van der Waals surface area contributed by atoms with Crippen molar-refractivity contribution in [3.8, 4) is 0 Å². The van der Waals surface area contributed by atoms with Crippen molar-refractivity contribution < 1.29 is 0 Å². The van der Waals surface area contributed by atoms with Gasteiger partial charge in [0.05, 0.1) is 0 Å². The van der Waals surface area contributed by atoms with Crippen LogP contribution in [0, 0.1) is 6.92 Å². The van der Waals surface area contributed by atoms with Gasteiger partial charge in [-0.2, -0.15) is 0 Å². The Morgan fingerprint density at radius 1 is 1.73 bits per heavy atom. The summed E-state index contributed by atoms with van der Waals surface area (Å²) in [6.45, 7) is 4.51. The molecule has 0 aliphatic rings. The van der Waals surface area contributed by atoms with Gasteiger partial charge < -0.3 is 10.3 Å². The second kappa shape index (κ2) is 5.56. The number of allylic oxidation sites excluding steroid dienone is 1. The lowest BCUT2D eigenvalue weighted by Crippen LogP contribution is -2.00. The first kappa shape index (κ1) is 11.8. The van der Waals surface area contributed by atoms with Crippen LogP contribution in [0.4, 0.5) is 0 Å². The summed E-state index contributed by atoms with van der Waals surface area (Å²) in [5, 5.41) is 0.447. The van der Waals surface area contributed by atoms with E-state index in [2.05, 4.69) is 14.5 Å². The molecule has 0 fully saturated rings. The minimum Gasteiger partial charge on any atom is -0.384 e. The molecule has 4 nitrogen and oxygen atoms in total. The number of halogens is 1. The van der Waals surface area contributed by atoms with Crippen molar-refractivity contribution in [2.24, 2.45) is 10.7 Å². The zero-order chi connectivity index (χ0) is 11.3. The van der Waals surface area contributed by atoms with Gasteiger partial charge in [-0.3, -0.25) is 0 Å². The Labute approximate surface area is 94.5 Å². The van der Waals surface area contributed by atoms with Crippen LogP contribution >= 0.6 is 11.6 Å². The van der Waals surface area contributed by atoms with Crippen molar-refractivity contribution in [2.45, 2.75) is 26.8 Å². The highest BCUT2D eigenvalue weighted by atomic mass is 35.5. The number of imidazole rings is 1. The standard InChI is InChI=1S/C10H15ClN4/c1-8(11)14-10(12)4-3-6-15-7-5-13-9(15)2/h4-5,7H,3,6,12H2,1-2H3/b10-4-,14-8+. The maximum absolute atomic E-state index is 5.62. The Balaban J connectivity index is 2.46. The van der Waals surface area contributed by atoms with Gasteiger partial charge in [0.2, 0.25) is 0 Å². The van der Waals surface area contributed by atoms with Crippen molar-refractivity contribution in [3.63, 3.8) is 0 Å². The second-order valence-corrected chi connectivity index (χ2v) is 3.74. The van der Waals surface area contributed by atoms with Gasteiger partial charge in [0.1, 0.15) is 16.8 Å². The van der Waals surface area contributed by atoms with Crippen molar-refractivity contribution in [1.82, 2.24) is 9.55 Å². The van der Waals surface area contributed by atoms with E-state index in [1.165, 1.54) is 0 Å². The van der Waals surface area contributed by atoms with Crippen LogP contribution in [0.3, 0.4) is 0 Å². The van der Waals surface area contributed by atoms with E-state index in [0.29, 0.717) is 11.0 Å². The first-order chi connectivity index (χ1) is 7.09. The Morgan fingerprint density at radius 2 is 2.47 bits per heavy atom. The summed E-state index contributed by atoms with van der Waals surface area (Å²) in [5.74, 6) is 1.46. The van der Waals surface area contributed by atoms with E-state index in [1.807, 2.05) is 19.2 Å². The zero-order valence-corrected chi connectivity index (χ0v) is 9.70. The molecule has 0 bridgehead atoms. The molecular formula is C10H15ClN4. The van der Waals surface area contributed by atoms with E-state index < -0.39 is 0 Å². The normalized spacial score (nSPS) is 13.3. The molecule has 0 spiro atoms. The first-order valence-electron chi connectivity index (χ1n) is 4.73. The third kappa shape index (κ3) is 4.16. The van der Waals surface area contributed by atoms with Crippen molar-refractivity contribution in [2.75, 3.05) is 0 Å². The summed E-state index contributed by atoms with van der Waals surface area (Å²) in [7, 11) is 0. The predicted molar refractivity (Wildman–Crippen MR) is 62.8 cm³/mol. The van der Waals surface area contributed by atoms with Gasteiger partial charge in [0.15, 0.2) is 0 Å². The van der Waals surface area contributed by atoms with Crippen LogP contribution in [0.15, 0.2) is 29.3 Å². The lowest BCUT2D eigenvalue weighted by atomic mass is 10.4. The first-order valence-corrected chi connectivity index (χ1v) is 5.11. The number of aliphatic imine (C=N–C) groups is 1. The maximum Gasteiger partial charge on any atom is 0.120 e. The van der Waals surface area contributed by atoms with E-state index in [9.17, 15) is 0 Å². The molecule has 0 aliphatic heterocycles. The van der Waals surface area contributed by atoms with E-state index >= 15 is 0 Å². The van der Waals surface area contributed by atoms with Gasteiger partial charge in [0, 0.05) is 18.9 Å². The summed E-state index contributed by atoms with van der Waals surface area (Å²) in [5.41, 5.74) is 5.62. The lowest BCUT2D eigenvalue weighted by molar-refractivity contribution is 0.682. The predicted octanol–water partition coefficient (Wildman–Crippen LogP) is 2.04. The molecule has 0 unspecified atom stereocenters. The summed E-state index contributed by atoms with van der Waals surface area (Å²) in [6, 6.07) is 0. The fraction of sp³-hybridized carbons (Fsp3) is 0.400. The topological polar surface area (TPSA) is 56.2 Å². The molecule has 0 saturated carbocycles. The molecule has 15 heavy (non-hydrogen) atoms. The molecule has 5 heteroatoms. The largest absolute Gasteiger partial charge is 0.384 e. The van der Waals surface area contributed by atoms with Crippen LogP contribution in [0.5, 0.6) is 0 Å². The summed E-state index contributed by atoms with van der Waals surface area (Å²) >= 11 is 5.59. The average Bonchev–Trinajstić information content (AvgIpc) is 2.50. The van der Waals surface area contributed by atoms with Gasteiger partial charge in [-0.1, -0.05) is 11.6 Å². The molecule has 0 atom stereocenters. The number of nitrogens with two attached hydrogens (primary N) is 1. The third-order valence-electron chi connectivity index (χ3n) is 1.93. The minimum absolute atomic E-state index is 0.447. The van der Waals surface area contributed by atoms with Gasteiger partial charge in [-0.15, -0.1) is 0 Å². The van der Waals surface area contributed by atoms with Crippen LogP contribution in [-0.4, -0.2) is 14.7 Å². The number of aromatic nitrogens is 2. The fourth-order valence-electron chi connectivity index (χ4n) is 1.22. The number of hydrogen-bond donors (Lipinski definition) is 1. The lowest BCUT2D eigenvalue weighted by Gasteiger charge is -2.01. The van der Waals surface area contributed by atoms with Crippen LogP contribution in [0.2, 0.25) is 0 Å². The summed E-state index contributed by atoms with van der Waals surface area (Å²) in [6.07, 6.45) is 6.39. The molecule has 0 radical (unpaired) electrons. The molecule has 2 N–H and O–H groups in total. The van der Waals surface area contributed by atoms with E-state index in [-0.39, 0.29) is 0 Å². The van der Waals surface area contributed by atoms with Crippen LogP contribution in [0.25, 0.3) is 0 Å². The van der Waals surface area contributed by atoms with E-state index in [4.69, 9.17) is 17.3 Å². The Kier molecular flexibility index (Phi) is 4.37. The molecule has 0 amide bonds. The molecule has 0 aromatic carbocycles. The zero-order valence-electron chi connectivity index (χ0n) is 8.94. The van der Waals surface area contributed by atoms with E-state index in [1.54, 1.807) is 13.1 Å². The highest BCUT2D eigenvalue weighted by Crippen LogP contribution is 2.00. The highest BCUT2D eigenvalue weighted by molar-refractivity contribution is 6.64. The molecular weight excluding hydrogens is 212 g/mol. The third-order valence-corrected chi connectivity index (χ3v) is 2.01. The number of rotatable bonds is 4. The molecule has 82 valence electrons. The minimum atomic E-state index is 0.447. The SMILES string of the molecule is C/C(Cl)=N\C(N)=C/CCn1ccnc1C. The van der Waals surface area contributed by atoms with Gasteiger partial charge in [-0.05, 0) is 26.3 Å². The van der Waals surface area contributed by atoms with Crippen molar-refractivity contribution in [3.05, 3.63) is 30.1 Å². The molecule has 0 aliphatic carbocycles. The molecule has 1 aromatic rings. The highest BCUT2D eigenvalue weighted by Gasteiger charge is 1.94. The molecule has 1 aromatic heterocycles. The summed E-state index contributed by atoms with van der Waals surface area (Å²) in [4.78, 5) is 8.04. The van der Waals surface area contributed by atoms with E-state index in [0.717, 1.165) is 18.8 Å².